The van der Waals surface area contributed by atoms with Crippen LogP contribution in [0.25, 0.3) is 0 Å². The molecule has 0 amide bonds. The zero-order valence-electron chi connectivity index (χ0n) is 12.5. The lowest BCUT2D eigenvalue weighted by molar-refractivity contribution is 0.550. The minimum Gasteiger partial charge on any atom is -0.338 e. The Morgan fingerprint density at radius 2 is 2.05 bits per heavy atom. The van der Waals surface area contributed by atoms with E-state index in [1.807, 2.05) is 24.2 Å². The Balaban J connectivity index is 1.92. The van der Waals surface area contributed by atoms with Crippen LogP contribution in [0.1, 0.15) is 18.3 Å². The Kier molecular flexibility index (Phi) is 5.68. The van der Waals surface area contributed by atoms with Crippen LogP contribution in [0.5, 0.6) is 0 Å². The maximum absolute atomic E-state index is 4.42. The Morgan fingerprint density at radius 3 is 2.65 bits per heavy atom. The number of nitrogens with zero attached hydrogens (tertiary/aromatic N) is 2. The van der Waals surface area contributed by atoms with Gasteiger partial charge < -0.3 is 9.88 Å². The van der Waals surface area contributed by atoms with Gasteiger partial charge in [-0.05, 0) is 25.6 Å². The highest BCUT2D eigenvalue weighted by Crippen LogP contribution is 2.20. The number of thioether (sulfide) groups is 1. The standard InChI is InChI=1S/C16H23N3S/c1-4-17-14(11-16-18-9-10-19(16)3)12-20-15-7-5-13(2)6-8-15/h5-10,14,17H,4,11-12H2,1-3H3. The maximum Gasteiger partial charge on any atom is 0.109 e. The molecule has 1 atom stereocenters. The summed E-state index contributed by atoms with van der Waals surface area (Å²) < 4.78 is 2.10. The molecule has 3 nitrogen and oxygen atoms in total. The van der Waals surface area contributed by atoms with Crippen LogP contribution >= 0.6 is 11.8 Å². The smallest absolute Gasteiger partial charge is 0.109 e. The molecule has 0 saturated carbocycles. The molecule has 1 heterocycles. The molecule has 108 valence electrons. The Bertz CT molecular complexity index is 519. The number of imidazole rings is 1. The second-order valence-electron chi connectivity index (χ2n) is 5.04. The van der Waals surface area contributed by atoms with E-state index in [0.29, 0.717) is 6.04 Å². The minimum absolute atomic E-state index is 0.451. The quantitative estimate of drug-likeness (QED) is 0.795. The molecule has 0 fully saturated rings. The first-order chi connectivity index (χ1) is 9.69. The molecule has 2 rings (SSSR count). The van der Waals surface area contributed by atoms with Crippen LogP contribution in [0.3, 0.4) is 0 Å². The van der Waals surface area contributed by atoms with Crippen molar-refractivity contribution in [3.8, 4) is 0 Å². The van der Waals surface area contributed by atoms with E-state index in [0.717, 1.165) is 24.5 Å². The van der Waals surface area contributed by atoms with Crippen LogP contribution in [-0.2, 0) is 13.5 Å². The van der Waals surface area contributed by atoms with Gasteiger partial charge in [-0.2, -0.15) is 0 Å². The van der Waals surface area contributed by atoms with Gasteiger partial charge in [-0.15, -0.1) is 11.8 Å². The van der Waals surface area contributed by atoms with Crippen molar-refractivity contribution in [3.05, 3.63) is 48.0 Å². The Morgan fingerprint density at radius 1 is 1.30 bits per heavy atom. The second-order valence-corrected chi connectivity index (χ2v) is 6.13. The third-order valence-electron chi connectivity index (χ3n) is 3.31. The third kappa shape index (κ3) is 4.39. The molecule has 4 heteroatoms. The number of benzene rings is 1. The largest absolute Gasteiger partial charge is 0.338 e. The number of hydrogen-bond donors (Lipinski definition) is 1. The zero-order valence-corrected chi connectivity index (χ0v) is 13.3. The van der Waals surface area contributed by atoms with Gasteiger partial charge >= 0.3 is 0 Å². The summed E-state index contributed by atoms with van der Waals surface area (Å²) in [5, 5.41) is 3.56. The number of nitrogens with one attached hydrogen (secondary N) is 1. The molecule has 0 aliphatic carbocycles. The fourth-order valence-electron chi connectivity index (χ4n) is 2.12. The van der Waals surface area contributed by atoms with Gasteiger partial charge in [0.05, 0.1) is 0 Å². The molecule has 1 aromatic carbocycles. The van der Waals surface area contributed by atoms with Crippen molar-refractivity contribution in [1.29, 1.82) is 0 Å². The van der Waals surface area contributed by atoms with Crippen molar-refractivity contribution in [2.45, 2.75) is 31.2 Å². The van der Waals surface area contributed by atoms with E-state index in [1.165, 1.54) is 10.5 Å². The van der Waals surface area contributed by atoms with Gasteiger partial charge in [0.15, 0.2) is 0 Å². The lowest BCUT2D eigenvalue weighted by atomic mass is 10.2. The molecule has 1 N–H and O–H groups in total. The van der Waals surface area contributed by atoms with E-state index in [4.69, 9.17) is 0 Å². The van der Waals surface area contributed by atoms with Gasteiger partial charge in [0.1, 0.15) is 5.82 Å². The third-order valence-corrected chi connectivity index (χ3v) is 4.49. The lowest BCUT2D eigenvalue weighted by Gasteiger charge is -2.17. The van der Waals surface area contributed by atoms with Crippen LogP contribution in [0.15, 0.2) is 41.6 Å². The van der Waals surface area contributed by atoms with Crippen molar-refractivity contribution < 1.29 is 0 Å². The number of likely N-dealkylation sites (N-methyl/N-ethyl adjacent to an activating group) is 1. The summed E-state index contributed by atoms with van der Waals surface area (Å²) in [5.74, 6) is 2.20. The molecule has 0 bridgehead atoms. The van der Waals surface area contributed by atoms with Crippen molar-refractivity contribution in [2.24, 2.45) is 7.05 Å². The van der Waals surface area contributed by atoms with Crippen LogP contribution in [0.4, 0.5) is 0 Å². The molecule has 1 unspecified atom stereocenters. The van der Waals surface area contributed by atoms with E-state index >= 15 is 0 Å². The maximum atomic E-state index is 4.42. The van der Waals surface area contributed by atoms with Crippen LogP contribution < -0.4 is 5.32 Å². The molecule has 2 aromatic rings. The molecular weight excluding hydrogens is 266 g/mol. The summed E-state index contributed by atoms with van der Waals surface area (Å²) in [5.41, 5.74) is 1.31. The highest BCUT2D eigenvalue weighted by atomic mass is 32.2. The van der Waals surface area contributed by atoms with E-state index in [2.05, 4.69) is 60.0 Å². The van der Waals surface area contributed by atoms with Crippen LogP contribution in [0.2, 0.25) is 0 Å². The van der Waals surface area contributed by atoms with Gasteiger partial charge in [0.2, 0.25) is 0 Å². The predicted octanol–water partition coefficient (Wildman–Crippen LogP) is 3.04. The molecule has 0 aliphatic heterocycles. The van der Waals surface area contributed by atoms with Gasteiger partial charge in [0.25, 0.3) is 0 Å². The van der Waals surface area contributed by atoms with Crippen molar-refractivity contribution in [3.63, 3.8) is 0 Å². The van der Waals surface area contributed by atoms with E-state index in [-0.39, 0.29) is 0 Å². The van der Waals surface area contributed by atoms with Gasteiger partial charge in [-0.1, -0.05) is 24.6 Å². The SMILES string of the molecule is CCNC(CSc1ccc(C)cc1)Cc1nccn1C. The summed E-state index contributed by atoms with van der Waals surface area (Å²) in [6, 6.07) is 9.19. The predicted molar refractivity (Wildman–Crippen MR) is 86.3 cm³/mol. The van der Waals surface area contributed by atoms with Crippen molar-refractivity contribution in [1.82, 2.24) is 14.9 Å². The first-order valence-corrected chi connectivity index (χ1v) is 8.06. The first kappa shape index (κ1) is 15.1. The average Bonchev–Trinajstić information content (AvgIpc) is 2.84. The summed E-state index contributed by atoms with van der Waals surface area (Å²) in [6.07, 6.45) is 4.84. The monoisotopic (exact) mass is 289 g/mol. The lowest BCUT2D eigenvalue weighted by Crippen LogP contribution is -2.34. The van der Waals surface area contributed by atoms with Crippen LogP contribution in [-0.4, -0.2) is 27.9 Å². The van der Waals surface area contributed by atoms with Crippen molar-refractivity contribution >= 4 is 11.8 Å². The molecule has 1 aromatic heterocycles. The number of rotatable bonds is 7. The van der Waals surface area contributed by atoms with Crippen molar-refractivity contribution in [2.75, 3.05) is 12.3 Å². The summed E-state index contributed by atoms with van der Waals surface area (Å²) >= 11 is 1.91. The zero-order chi connectivity index (χ0) is 14.4. The summed E-state index contributed by atoms with van der Waals surface area (Å²) in [4.78, 5) is 5.75. The molecular formula is C16H23N3S. The first-order valence-electron chi connectivity index (χ1n) is 7.08. The molecule has 0 saturated heterocycles. The van der Waals surface area contributed by atoms with E-state index in [9.17, 15) is 0 Å². The fraction of sp³-hybridized carbons (Fsp3) is 0.438. The van der Waals surface area contributed by atoms with Crippen LogP contribution in [0, 0.1) is 6.92 Å². The molecule has 0 aliphatic rings. The Hall–Kier alpha value is -1.26. The normalized spacial score (nSPS) is 12.6. The van der Waals surface area contributed by atoms with Gasteiger partial charge in [-0.3, -0.25) is 0 Å². The van der Waals surface area contributed by atoms with E-state index in [1.54, 1.807) is 0 Å². The molecule has 20 heavy (non-hydrogen) atoms. The minimum atomic E-state index is 0.451. The highest BCUT2D eigenvalue weighted by Gasteiger charge is 2.11. The summed E-state index contributed by atoms with van der Waals surface area (Å²) in [6.45, 7) is 5.27. The average molecular weight is 289 g/mol. The van der Waals surface area contributed by atoms with E-state index < -0.39 is 0 Å². The highest BCUT2D eigenvalue weighted by molar-refractivity contribution is 7.99. The fourth-order valence-corrected chi connectivity index (χ4v) is 3.08. The molecule has 0 spiro atoms. The van der Waals surface area contributed by atoms with Gasteiger partial charge in [0, 0.05) is 42.6 Å². The Labute approximate surface area is 125 Å². The number of aryl methyl sites for hydroxylation is 2. The number of aromatic nitrogens is 2. The molecule has 0 radical (unpaired) electrons. The summed E-state index contributed by atoms with van der Waals surface area (Å²) in [7, 11) is 2.05. The van der Waals surface area contributed by atoms with Gasteiger partial charge in [-0.25, -0.2) is 4.98 Å². The topological polar surface area (TPSA) is 29.9 Å². The number of hydrogen-bond acceptors (Lipinski definition) is 3. The second kappa shape index (κ2) is 7.50.